The van der Waals surface area contributed by atoms with Gasteiger partial charge in [-0.25, -0.2) is 4.79 Å². The molecule has 1 heterocycles. The predicted molar refractivity (Wildman–Crippen MR) is 103 cm³/mol. The fourth-order valence-corrected chi connectivity index (χ4v) is 3.38. The Morgan fingerprint density at radius 1 is 1.10 bits per heavy atom. The smallest absolute Gasteiger partial charge is 0.338 e. The molecule has 1 aromatic heterocycles. The number of nitro benzene ring substituents is 1. The van der Waals surface area contributed by atoms with E-state index in [9.17, 15) is 14.9 Å². The number of fused-ring (bicyclic) bond motifs is 1. The molecule has 0 unspecified atom stereocenters. The van der Waals surface area contributed by atoms with Crippen LogP contribution in [0.3, 0.4) is 0 Å². The van der Waals surface area contributed by atoms with E-state index < -0.39 is 17.0 Å². The molecule has 0 fully saturated rings. The van der Waals surface area contributed by atoms with Crippen LogP contribution in [-0.4, -0.2) is 21.1 Å². The van der Waals surface area contributed by atoms with Gasteiger partial charge in [0, 0.05) is 17.7 Å². The number of ether oxygens (including phenoxy) is 1. The number of esters is 1. The zero-order valence-electron chi connectivity index (χ0n) is 15.8. The first-order valence-electron chi connectivity index (χ1n) is 9.42. The van der Waals surface area contributed by atoms with E-state index >= 15 is 0 Å². The average molecular weight is 393 g/mol. The molecule has 0 spiro atoms. The number of non-ortho nitro benzene ring substituents is 1. The second-order valence-corrected chi connectivity index (χ2v) is 6.99. The Labute approximate surface area is 166 Å². The number of hydrogen-bond acceptors (Lipinski definition) is 7. The number of carbonyl (C=O) groups is 1. The third-order valence-electron chi connectivity index (χ3n) is 4.98. The zero-order chi connectivity index (χ0) is 20.4. The summed E-state index contributed by atoms with van der Waals surface area (Å²) in [6.45, 7) is 1.66. The molecule has 0 amide bonds. The molecular weight excluding hydrogens is 374 g/mol. The highest BCUT2D eigenvalue weighted by molar-refractivity contribution is 5.89. The fraction of sp³-hybridized carbons (Fsp3) is 0.286. The third-order valence-corrected chi connectivity index (χ3v) is 4.98. The summed E-state index contributed by atoms with van der Waals surface area (Å²) in [6.07, 6.45) is 3.62. The first-order chi connectivity index (χ1) is 14.0. The Balaban J connectivity index is 1.45. The second kappa shape index (κ2) is 7.83. The number of rotatable bonds is 5. The van der Waals surface area contributed by atoms with Gasteiger partial charge in [-0.3, -0.25) is 10.1 Å². The molecule has 148 valence electrons. The first kappa shape index (κ1) is 18.8. The van der Waals surface area contributed by atoms with Crippen molar-refractivity contribution in [1.29, 1.82) is 0 Å². The molecule has 2 aromatic carbocycles. The molecule has 0 radical (unpaired) electrons. The van der Waals surface area contributed by atoms with Gasteiger partial charge in [-0.1, -0.05) is 6.07 Å². The van der Waals surface area contributed by atoms with Crippen LogP contribution in [0.15, 0.2) is 46.9 Å². The maximum Gasteiger partial charge on any atom is 0.338 e. The lowest BCUT2D eigenvalue weighted by Crippen LogP contribution is -2.11. The van der Waals surface area contributed by atoms with Crippen LogP contribution < -0.4 is 0 Å². The molecule has 8 nitrogen and oxygen atoms in total. The Hall–Kier alpha value is -3.55. The van der Waals surface area contributed by atoms with Crippen molar-refractivity contribution in [2.75, 3.05) is 0 Å². The molecule has 0 saturated carbocycles. The van der Waals surface area contributed by atoms with Crippen molar-refractivity contribution in [3.63, 3.8) is 0 Å². The molecule has 3 aromatic rings. The summed E-state index contributed by atoms with van der Waals surface area (Å²) in [7, 11) is 0. The lowest BCUT2D eigenvalue weighted by Gasteiger charge is -2.16. The molecule has 0 aliphatic heterocycles. The van der Waals surface area contributed by atoms with Gasteiger partial charge in [0.25, 0.3) is 11.6 Å². The molecule has 1 aliphatic carbocycles. The van der Waals surface area contributed by atoms with Crippen LogP contribution in [-0.2, 0) is 17.6 Å². The van der Waals surface area contributed by atoms with Crippen LogP contribution in [0.5, 0.6) is 0 Å². The van der Waals surface area contributed by atoms with Crippen molar-refractivity contribution in [2.24, 2.45) is 0 Å². The Kier molecular flexibility index (Phi) is 5.07. The molecule has 29 heavy (non-hydrogen) atoms. The van der Waals surface area contributed by atoms with E-state index in [0.717, 1.165) is 19.3 Å². The van der Waals surface area contributed by atoms with Gasteiger partial charge in [0.1, 0.15) is 0 Å². The molecule has 1 atom stereocenters. The van der Waals surface area contributed by atoms with Gasteiger partial charge < -0.3 is 9.15 Å². The largest absolute Gasteiger partial charge is 0.449 e. The van der Waals surface area contributed by atoms with Crippen molar-refractivity contribution in [3.05, 3.63) is 75.2 Å². The highest BCUT2D eigenvalue weighted by Crippen LogP contribution is 2.26. The van der Waals surface area contributed by atoms with Crippen LogP contribution in [0.2, 0.25) is 0 Å². The molecule has 4 rings (SSSR count). The summed E-state index contributed by atoms with van der Waals surface area (Å²) < 4.78 is 11.1. The summed E-state index contributed by atoms with van der Waals surface area (Å²) >= 11 is 0. The highest BCUT2D eigenvalue weighted by atomic mass is 16.6. The van der Waals surface area contributed by atoms with Crippen LogP contribution >= 0.6 is 0 Å². The minimum absolute atomic E-state index is 0.0270. The maximum absolute atomic E-state index is 12.5. The van der Waals surface area contributed by atoms with E-state index in [4.69, 9.17) is 9.15 Å². The standard InChI is InChI=1S/C21H19N3O5/c1-13(28-21(25)17-7-6-14-4-2-3-5-16(14)12-17)19-22-23-20(29-19)15-8-10-18(11-9-15)24(26)27/h6-13H,2-5H2,1H3/t13-/m0/s1. The second-order valence-electron chi connectivity index (χ2n) is 6.99. The number of nitrogens with zero attached hydrogens (tertiary/aromatic N) is 3. The molecule has 0 saturated heterocycles. The van der Waals surface area contributed by atoms with Crippen LogP contribution in [0.4, 0.5) is 5.69 Å². The van der Waals surface area contributed by atoms with E-state index in [1.807, 2.05) is 12.1 Å². The number of hydrogen-bond donors (Lipinski definition) is 0. The molecule has 1 aliphatic rings. The summed E-state index contributed by atoms with van der Waals surface area (Å²) in [5.74, 6) is -0.0859. The summed E-state index contributed by atoms with van der Waals surface area (Å²) in [5.41, 5.74) is 3.53. The van der Waals surface area contributed by atoms with Gasteiger partial charge in [-0.15, -0.1) is 10.2 Å². The third kappa shape index (κ3) is 4.01. The summed E-state index contributed by atoms with van der Waals surface area (Å²) in [4.78, 5) is 22.8. The van der Waals surface area contributed by atoms with E-state index in [-0.39, 0.29) is 17.5 Å². The Bertz CT molecular complexity index is 1060. The number of carbonyl (C=O) groups excluding carboxylic acids is 1. The van der Waals surface area contributed by atoms with Crippen molar-refractivity contribution < 1.29 is 18.9 Å². The minimum Gasteiger partial charge on any atom is -0.449 e. The van der Waals surface area contributed by atoms with E-state index in [1.54, 1.807) is 13.0 Å². The Morgan fingerprint density at radius 2 is 1.83 bits per heavy atom. The quantitative estimate of drug-likeness (QED) is 0.358. The number of aryl methyl sites for hydroxylation is 2. The number of benzene rings is 2. The van der Waals surface area contributed by atoms with Crippen molar-refractivity contribution >= 4 is 11.7 Å². The van der Waals surface area contributed by atoms with Gasteiger partial charge >= 0.3 is 5.97 Å². The minimum atomic E-state index is -0.724. The monoisotopic (exact) mass is 393 g/mol. The van der Waals surface area contributed by atoms with Crippen LogP contribution in [0, 0.1) is 10.1 Å². The average Bonchev–Trinajstić information content (AvgIpc) is 3.24. The van der Waals surface area contributed by atoms with Crippen molar-refractivity contribution in [1.82, 2.24) is 10.2 Å². The van der Waals surface area contributed by atoms with E-state index in [1.165, 1.54) is 41.8 Å². The summed E-state index contributed by atoms with van der Waals surface area (Å²) in [6, 6.07) is 11.5. The number of nitro groups is 1. The predicted octanol–water partition coefficient (Wildman–Crippen LogP) is 4.44. The van der Waals surface area contributed by atoms with E-state index in [0.29, 0.717) is 11.1 Å². The van der Waals surface area contributed by atoms with Gasteiger partial charge in [-0.05, 0) is 68.0 Å². The van der Waals surface area contributed by atoms with Crippen molar-refractivity contribution in [3.8, 4) is 11.5 Å². The van der Waals surface area contributed by atoms with Crippen LogP contribution in [0.1, 0.15) is 53.2 Å². The SMILES string of the molecule is C[C@H](OC(=O)c1ccc2c(c1)CCCC2)c1nnc(-c2ccc([N+](=O)[O-])cc2)o1. The van der Waals surface area contributed by atoms with Gasteiger partial charge in [0.15, 0.2) is 6.10 Å². The molecule has 8 heteroatoms. The zero-order valence-corrected chi connectivity index (χ0v) is 15.8. The summed E-state index contributed by atoms with van der Waals surface area (Å²) in [5, 5.41) is 18.6. The number of aromatic nitrogens is 2. The van der Waals surface area contributed by atoms with Gasteiger partial charge in [0.2, 0.25) is 5.89 Å². The normalized spacial score (nSPS) is 14.1. The lowest BCUT2D eigenvalue weighted by molar-refractivity contribution is -0.384. The maximum atomic E-state index is 12.5. The van der Waals surface area contributed by atoms with Gasteiger partial charge in [-0.2, -0.15) is 0 Å². The molecular formula is C21H19N3O5. The van der Waals surface area contributed by atoms with Gasteiger partial charge in [0.05, 0.1) is 10.5 Å². The fourth-order valence-electron chi connectivity index (χ4n) is 3.38. The first-order valence-corrected chi connectivity index (χ1v) is 9.42. The lowest BCUT2D eigenvalue weighted by atomic mass is 9.90. The molecule has 0 bridgehead atoms. The van der Waals surface area contributed by atoms with E-state index in [2.05, 4.69) is 10.2 Å². The molecule has 0 N–H and O–H groups in total. The Morgan fingerprint density at radius 3 is 2.55 bits per heavy atom. The van der Waals surface area contributed by atoms with Crippen molar-refractivity contribution in [2.45, 2.75) is 38.7 Å². The topological polar surface area (TPSA) is 108 Å². The van der Waals surface area contributed by atoms with Crippen LogP contribution in [0.25, 0.3) is 11.5 Å². The highest BCUT2D eigenvalue weighted by Gasteiger charge is 2.21.